The number of methoxy groups -OCH3 is 1. The summed E-state index contributed by atoms with van der Waals surface area (Å²) in [5, 5.41) is 2.05. The molecule has 0 saturated carbocycles. The zero-order valence-corrected chi connectivity index (χ0v) is 13.2. The maximum Gasteiger partial charge on any atom is 0.176 e. The molecule has 2 aromatic rings. The average molecular weight is 372 g/mol. The average Bonchev–Trinajstić information content (AvgIpc) is 2.37. The summed E-state index contributed by atoms with van der Waals surface area (Å²) in [6.07, 6.45) is 0. The number of halogens is 2. The first-order valence-corrected chi connectivity index (χ1v) is 7.20. The standard InChI is InChI=1S/C14H12Br2O2/c1-8(15)14(17)10-3-5-11-9(7-10)4-6-12(18-2)13(11)16/h3-8H,1-2H3. The number of ketones is 1. The van der Waals surface area contributed by atoms with Gasteiger partial charge < -0.3 is 4.74 Å². The summed E-state index contributed by atoms with van der Waals surface area (Å²) >= 11 is 6.81. The zero-order valence-electron chi connectivity index (χ0n) is 10.0. The van der Waals surface area contributed by atoms with E-state index in [0.29, 0.717) is 5.56 Å². The van der Waals surface area contributed by atoms with E-state index in [4.69, 9.17) is 4.74 Å². The highest BCUT2D eigenvalue weighted by molar-refractivity contribution is 9.10. The first-order valence-electron chi connectivity index (χ1n) is 5.49. The molecule has 0 heterocycles. The Hall–Kier alpha value is -0.870. The number of benzene rings is 2. The molecular formula is C14H12Br2O2. The number of Topliss-reactive ketones (excluding diaryl/α,β-unsaturated/α-hetero) is 1. The highest BCUT2D eigenvalue weighted by Crippen LogP contribution is 2.33. The van der Waals surface area contributed by atoms with Crippen LogP contribution in [0.2, 0.25) is 0 Å². The van der Waals surface area contributed by atoms with Gasteiger partial charge in [0.1, 0.15) is 5.75 Å². The lowest BCUT2D eigenvalue weighted by Crippen LogP contribution is -2.09. The van der Waals surface area contributed by atoms with Gasteiger partial charge in [-0.2, -0.15) is 0 Å². The van der Waals surface area contributed by atoms with Gasteiger partial charge in [-0.3, -0.25) is 4.79 Å². The Kier molecular flexibility index (Phi) is 4.07. The number of fused-ring (bicyclic) bond motifs is 1. The Morgan fingerprint density at radius 1 is 1.28 bits per heavy atom. The van der Waals surface area contributed by atoms with Gasteiger partial charge in [-0.05, 0) is 45.8 Å². The van der Waals surface area contributed by atoms with Gasteiger partial charge in [0.25, 0.3) is 0 Å². The second-order valence-electron chi connectivity index (χ2n) is 4.00. The molecule has 1 unspecified atom stereocenters. The van der Waals surface area contributed by atoms with Crippen LogP contribution in [0.15, 0.2) is 34.8 Å². The van der Waals surface area contributed by atoms with Crippen LogP contribution in [0.5, 0.6) is 5.75 Å². The third kappa shape index (κ3) is 2.45. The zero-order chi connectivity index (χ0) is 13.3. The van der Waals surface area contributed by atoms with Crippen molar-refractivity contribution < 1.29 is 9.53 Å². The van der Waals surface area contributed by atoms with E-state index >= 15 is 0 Å². The molecule has 0 aromatic heterocycles. The molecule has 0 fully saturated rings. The van der Waals surface area contributed by atoms with Crippen molar-refractivity contribution in [3.05, 3.63) is 40.4 Å². The van der Waals surface area contributed by atoms with Crippen LogP contribution in [-0.4, -0.2) is 17.7 Å². The lowest BCUT2D eigenvalue weighted by molar-refractivity contribution is 0.0996. The molecule has 0 spiro atoms. The van der Waals surface area contributed by atoms with Crippen molar-refractivity contribution in [2.45, 2.75) is 11.8 Å². The van der Waals surface area contributed by atoms with E-state index in [9.17, 15) is 4.79 Å². The summed E-state index contributed by atoms with van der Waals surface area (Å²) in [5.41, 5.74) is 0.712. The normalized spacial score (nSPS) is 12.4. The summed E-state index contributed by atoms with van der Waals surface area (Å²) in [6, 6.07) is 9.52. The van der Waals surface area contributed by atoms with Gasteiger partial charge in [0.15, 0.2) is 5.78 Å². The number of alkyl halides is 1. The molecule has 18 heavy (non-hydrogen) atoms. The fourth-order valence-electron chi connectivity index (χ4n) is 1.81. The van der Waals surface area contributed by atoms with Gasteiger partial charge in [0.2, 0.25) is 0 Å². The van der Waals surface area contributed by atoms with E-state index < -0.39 is 0 Å². The molecule has 2 rings (SSSR count). The molecule has 2 nitrogen and oxygen atoms in total. The van der Waals surface area contributed by atoms with Crippen LogP contribution < -0.4 is 4.74 Å². The maximum absolute atomic E-state index is 11.9. The van der Waals surface area contributed by atoms with Crippen molar-refractivity contribution in [1.29, 1.82) is 0 Å². The summed E-state index contributed by atoms with van der Waals surface area (Å²) in [4.78, 5) is 11.7. The largest absolute Gasteiger partial charge is 0.496 e. The summed E-state index contributed by atoms with van der Waals surface area (Å²) in [5.74, 6) is 0.874. The number of ether oxygens (including phenoxy) is 1. The van der Waals surface area contributed by atoms with Crippen LogP contribution in [0.1, 0.15) is 17.3 Å². The van der Waals surface area contributed by atoms with E-state index in [-0.39, 0.29) is 10.6 Å². The highest BCUT2D eigenvalue weighted by atomic mass is 79.9. The second-order valence-corrected chi connectivity index (χ2v) is 6.16. The minimum Gasteiger partial charge on any atom is -0.496 e. The molecule has 0 amide bonds. The quantitative estimate of drug-likeness (QED) is 0.583. The number of carbonyl (C=O) groups is 1. The maximum atomic E-state index is 11.9. The third-order valence-electron chi connectivity index (χ3n) is 2.78. The first kappa shape index (κ1) is 13.6. The molecule has 0 N–H and O–H groups in total. The van der Waals surface area contributed by atoms with Gasteiger partial charge in [-0.25, -0.2) is 0 Å². The lowest BCUT2D eigenvalue weighted by Gasteiger charge is -2.09. The van der Waals surface area contributed by atoms with Gasteiger partial charge in [0, 0.05) is 5.56 Å². The summed E-state index contributed by atoms with van der Waals surface area (Å²) < 4.78 is 6.16. The summed E-state index contributed by atoms with van der Waals surface area (Å²) in [7, 11) is 1.64. The number of hydrogen-bond donors (Lipinski definition) is 0. The fraction of sp³-hybridized carbons (Fsp3) is 0.214. The van der Waals surface area contributed by atoms with E-state index in [1.807, 2.05) is 37.3 Å². The van der Waals surface area contributed by atoms with Crippen molar-refractivity contribution in [3.8, 4) is 5.75 Å². The highest BCUT2D eigenvalue weighted by Gasteiger charge is 2.13. The Morgan fingerprint density at radius 3 is 2.61 bits per heavy atom. The second kappa shape index (κ2) is 5.41. The van der Waals surface area contributed by atoms with Crippen LogP contribution in [0.4, 0.5) is 0 Å². The van der Waals surface area contributed by atoms with E-state index in [0.717, 1.165) is 21.0 Å². The van der Waals surface area contributed by atoms with Gasteiger partial charge in [-0.1, -0.05) is 34.1 Å². The Morgan fingerprint density at radius 2 is 2.00 bits per heavy atom. The fourth-order valence-corrected chi connectivity index (χ4v) is 2.73. The monoisotopic (exact) mass is 370 g/mol. The van der Waals surface area contributed by atoms with E-state index in [1.165, 1.54) is 0 Å². The van der Waals surface area contributed by atoms with Crippen molar-refractivity contribution in [3.63, 3.8) is 0 Å². The minimum atomic E-state index is -0.170. The third-order valence-corrected chi connectivity index (χ3v) is 4.02. The van der Waals surface area contributed by atoms with Crippen molar-refractivity contribution >= 4 is 48.4 Å². The molecule has 0 aliphatic heterocycles. The van der Waals surface area contributed by atoms with Crippen LogP contribution >= 0.6 is 31.9 Å². The number of hydrogen-bond acceptors (Lipinski definition) is 2. The Balaban J connectivity index is 2.57. The van der Waals surface area contributed by atoms with Gasteiger partial charge >= 0.3 is 0 Å². The van der Waals surface area contributed by atoms with E-state index in [1.54, 1.807) is 7.11 Å². The predicted molar refractivity (Wildman–Crippen MR) is 80.9 cm³/mol. The first-order chi connectivity index (χ1) is 8.54. The van der Waals surface area contributed by atoms with Crippen molar-refractivity contribution in [2.24, 2.45) is 0 Å². The molecule has 2 aromatic carbocycles. The van der Waals surface area contributed by atoms with Crippen LogP contribution in [0.25, 0.3) is 10.8 Å². The van der Waals surface area contributed by atoms with Crippen molar-refractivity contribution in [2.75, 3.05) is 7.11 Å². The molecule has 0 saturated heterocycles. The van der Waals surface area contributed by atoms with Gasteiger partial charge in [0.05, 0.1) is 16.4 Å². The topological polar surface area (TPSA) is 26.3 Å². The molecule has 94 valence electrons. The molecule has 0 radical (unpaired) electrons. The summed E-state index contributed by atoms with van der Waals surface area (Å²) in [6.45, 7) is 1.83. The SMILES string of the molecule is COc1ccc2cc(C(=O)C(C)Br)ccc2c1Br. The Bertz CT molecular complexity index is 606. The van der Waals surface area contributed by atoms with E-state index in [2.05, 4.69) is 31.9 Å². The minimum absolute atomic E-state index is 0.0869. The smallest absolute Gasteiger partial charge is 0.176 e. The predicted octanol–water partition coefficient (Wildman–Crippen LogP) is 4.58. The molecule has 1 atom stereocenters. The molecule has 0 aliphatic rings. The lowest BCUT2D eigenvalue weighted by atomic mass is 10.0. The molecule has 0 bridgehead atoms. The van der Waals surface area contributed by atoms with Crippen LogP contribution in [0.3, 0.4) is 0 Å². The number of rotatable bonds is 3. The molecule has 4 heteroatoms. The van der Waals surface area contributed by atoms with Crippen molar-refractivity contribution in [1.82, 2.24) is 0 Å². The number of carbonyl (C=O) groups excluding carboxylic acids is 1. The van der Waals surface area contributed by atoms with Crippen LogP contribution in [-0.2, 0) is 0 Å². The van der Waals surface area contributed by atoms with Crippen LogP contribution in [0, 0.1) is 0 Å². The molecular weight excluding hydrogens is 360 g/mol. The van der Waals surface area contributed by atoms with Gasteiger partial charge in [-0.15, -0.1) is 0 Å². The molecule has 0 aliphatic carbocycles. The Labute approximate surface area is 123 Å².